The summed E-state index contributed by atoms with van der Waals surface area (Å²) in [6.45, 7) is 4.69. The zero-order chi connectivity index (χ0) is 11.1. The van der Waals surface area contributed by atoms with Crippen LogP contribution in [0.3, 0.4) is 0 Å². The molecule has 1 N–H and O–H groups in total. The molecule has 2 saturated heterocycles. The molecule has 0 spiro atoms. The second-order valence-corrected chi connectivity index (χ2v) is 4.77. The Morgan fingerprint density at radius 2 is 2.44 bits per heavy atom. The van der Waals surface area contributed by atoms with Crippen LogP contribution in [-0.2, 0) is 0 Å². The van der Waals surface area contributed by atoms with Gasteiger partial charge in [0.05, 0.1) is 5.56 Å². The smallest absolute Gasteiger partial charge is 0.257 e. The fourth-order valence-electron chi connectivity index (χ4n) is 2.75. The molecule has 1 amide bonds. The minimum absolute atomic E-state index is 0.105. The molecule has 1 aromatic rings. The van der Waals surface area contributed by atoms with Crippen LogP contribution in [0.25, 0.3) is 0 Å². The van der Waals surface area contributed by atoms with Crippen molar-refractivity contribution in [2.24, 2.45) is 5.92 Å². The summed E-state index contributed by atoms with van der Waals surface area (Å²) in [5.41, 5.74) is 0.678. The van der Waals surface area contributed by atoms with E-state index in [1.807, 2.05) is 17.9 Å². The summed E-state index contributed by atoms with van der Waals surface area (Å²) in [5, 5.41) is 3.44. The maximum atomic E-state index is 12.1. The Hall–Kier alpha value is -1.29. The van der Waals surface area contributed by atoms with E-state index in [1.165, 1.54) is 6.42 Å². The predicted molar refractivity (Wildman–Crippen MR) is 59.2 cm³/mol. The van der Waals surface area contributed by atoms with Gasteiger partial charge in [-0.1, -0.05) is 0 Å². The summed E-state index contributed by atoms with van der Waals surface area (Å²) in [5.74, 6) is 1.55. The van der Waals surface area contributed by atoms with Gasteiger partial charge >= 0.3 is 0 Å². The Balaban J connectivity index is 1.73. The lowest BCUT2D eigenvalue weighted by Crippen LogP contribution is -2.33. The first-order chi connectivity index (χ1) is 7.74. The number of hydrogen-bond acceptors (Lipinski definition) is 3. The van der Waals surface area contributed by atoms with E-state index in [0.717, 1.165) is 25.4 Å². The number of rotatable bonds is 1. The third-order valence-electron chi connectivity index (χ3n) is 3.63. The van der Waals surface area contributed by atoms with Gasteiger partial charge in [-0.3, -0.25) is 4.79 Å². The number of carbonyl (C=O) groups excluding carboxylic acids is 1. The third kappa shape index (κ3) is 1.53. The number of nitrogens with zero attached hydrogens (tertiary/aromatic N) is 1. The number of hydrogen-bond donors (Lipinski definition) is 1. The van der Waals surface area contributed by atoms with Crippen LogP contribution >= 0.6 is 0 Å². The highest BCUT2D eigenvalue weighted by atomic mass is 16.3. The predicted octanol–water partition coefficient (Wildman–Crippen LogP) is 1.02. The van der Waals surface area contributed by atoms with Crippen LogP contribution in [0.15, 0.2) is 16.7 Å². The normalized spacial score (nSPS) is 28.4. The van der Waals surface area contributed by atoms with Crippen LogP contribution in [0.5, 0.6) is 0 Å². The molecule has 0 bridgehead atoms. The van der Waals surface area contributed by atoms with Crippen molar-refractivity contribution in [1.29, 1.82) is 0 Å². The van der Waals surface area contributed by atoms with Gasteiger partial charge < -0.3 is 14.6 Å². The van der Waals surface area contributed by atoms with E-state index in [0.29, 0.717) is 17.5 Å². The fraction of sp³-hybridized carbons (Fsp3) is 0.583. The van der Waals surface area contributed by atoms with E-state index >= 15 is 0 Å². The Labute approximate surface area is 94.6 Å². The molecular formula is C12H16N2O2. The SMILES string of the molecule is Cc1cc(C(=O)N2C[C@@H]3CCN[C@@H]3C2)co1. The van der Waals surface area contributed by atoms with Gasteiger partial charge in [0.2, 0.25) is 0 Å². The third-order valence-corrected chi connectivity index (χ3v) is 3.63. The highest BCUT2D eigenvalue weighted by Crippen LogP contribution is 2.26. The Morgan fingerprint density at radius 1 is 1.56 bits per heavy atom. The van der Waals surface area contributed by atoms with E-state index in [9.17, 15) is 4.79 Å². The van der Waals surface area contributed by atoms with E-state index in [2.05, 4.69) is 5.32 Å². The van der Waals surface area contributed by atoms with E-state index in [-0.39, 0.29) is 5.91 Å². The van der Waals surface area contributed by atoms with Gasteiger partial charge in [-0.2, -0.15) is 0 Å². The minimum atomic E-state index is 0.105. The van der Waals surface area contributed by atoms with Crippen molar-refractivity contribution in [2.75, 3.05) is 19.6 Å². The van der Waals surface area contributed by atoms with Crippen LogP contribution in [0.1, 0.15) is 22.5 Å². The number of likely N-dealkylation sites (tertiary alicyclic amines) is 1. The Kier molecular flexibility index (Phi) is 2.24. The summed E-state index contributed by atoms with van der Waals surface area (Å²) in [4.78, 5) is 14.1. The number of furan rings is 1. The number of nitrogens with one attached hydrogen (secondary N) is 1. The molecule has 1 aromatic heterocycles. The zero-order valence-corrected chi connectivity index (χ0v) is 9.40. The largest absolute Gasteiger partial charge is 0.469 e. The molecule has 16 heavy (non-hydrogen) atoms. The van der Waals surface area contributed by atoms with Crippen molar-refractivity contribution in [3.8, 4) is 0 Å². The molecule has 2 aliphatic rings. The first kappa shape index (κ1) is 9.90. The number of aryl methyl sites for hydroxylation is 1. The van der Waals surface area contributed by atoms with Crippen LogP contribution < -0.4 is 5.32 Å². The number of carbonyl (C=O) groups is 1. The van der Waals surface area contributed by atoms with E-state index in [4.69, 9.17) is 4.42 Å². The zero-order valence-electron chi connectivity index (χ0n) is 9.40. The average molecular weight is 220 g/mol. The first-order valence-electron chi connectivity index (χ1n) is 5.82. The average Bonchev–Trinajstić information content (AvgIpc) is 2.89. The van der Waals surface area contributed by atoms with Crippen molar-refractivity contribution in [3.05, 3.63) is 23.7 Å². The maximum Gasteiger partial charge on any atom is 0.257 e. The summed E-state index contributed by atoms with van der Waals surface area (Å²) < 4.78 is 5.18. The van der Waals surface area contributed by atoms with Gasteiger partial charge in [0.1, 0.15) is 12.0 Å². The molecule has 2 aliphatic heterocycles. The van der Waals surface area contributed by atoms with E-state index in [1.54, 1.807) is 6.26 Å². The Bertz CT molecular complexity index is 401. The molecule has 4 heteroatoms. The fourth-order valence-corrected chi connectivity index (χ4v) is 2.75. The van der Waals surface area contributed by atoms with Gasteiger partial charge in [0, 0.05) is 19.1 Å². The van der Waals surface area contributed by atoms with Gasteiger partial charge in [0.15, 0.2) is 0 Å². The molecule has 0 radical (unpaired) electrons. The van der Waals surface area contributed by atoms with Crippen molar-refractivity contribution >= 4 is 5.91 Å². The van der Waals surface area contributed by atoms with Gasteiger partial charge in [-0.25, -0.2) is 0 Å². The van der Waals surface area contributed by atoms with Crippen molar-refractivity contribution in [3.63, 3.8) is 0 Å². The van der Waals surface area contributed by atoms with Crippen molar-refractivity contribution in [1.82, 2.24) is 10.2 Å². The highest BCUT2D eigenvalue weighted by molar-refractivity contribution is 5.94. The van der Waals surface area contributed by atoms with Crippen LogP contribution in [-0.4, -0.2) is 36.5 Å². The summed E-state index contributed by atoms with van der Waals surface area (Å²) in [6, 6.07) is 2.32. The topological polar surface area (TPSA) is 45.5 Å². The van der Waals surface area contributed by atoms with Crippen LogP contribution in [0.2, 0.25) is 0 Å². The van der Waals surface area contributed by atoms with Crippen LogP contribution in [0.4, 0.5) is 0 Å². The van der Waals surface area contributed by atoms with Gasteiger partial charge in [-0.05, 0) is 31.9 Å². The molecular weight excluding hydrogens is 204 g/mol. The van der Waals surface area contributed by atoms with Gasteiger partial charge in [-0.15, -0.1) is 0 Å². The molecule has 3 rings (SSSR count). The first-order valence-corrected chi connectivity index (χ1v) is 5.82. The standard InChI is InChI=1S/C12H16N2O2/c1-8-4-10(7-16-8)12(15)14-5-9-2-3-13-11(9)6-14/h4,7,9,11,13H,2-3,5-6H2,1H3/t9-,11+/m0/s1. The molecule has 0 unspecified atom stereocenters. The maximum absolute atomic E-state index is 12.1. The molecule has 3 heterocycles. The minimum Gasteiger partial charge on any atom is -0.469 e. The lowest BCUT2D eigenvalue weighted by atomic mass is 10.1. The van der Waals surface area contributed by atoms with Crippen molar-refractivity contribution < 1.29 is 9.21 Å². The highest BCUT2D eigenvalue weighted by Gasteiger charge is 2.38. The molecule has 4 nitrogen and oxygen atoms in total. The summed E-state index contributed by atoms with van der Waals surface area (Å²) in [7, 11) is 0. The lowest BCUT2D eigenvalue weighted by molar-refractivity contribution is 0.0782. The van der Waals surface area contributed by atoms with Crippen molar-refractivity contribution in [2.45, 2.75) is 19.4 Å². The summed E-state index contributed by atoms with van der Waals surface area (Å²) in [6.07, 6.45) is 2.75. The summed E-state index contributed by atoms with van der Waals surface area (Å²) >= 11 is 0. The van der Waals surface area contributed by atoms with Gasteiger partial charge in [0.25, 0.3) is 5.91 Å². The molecule has 86 valence electrons. The van der Waals surface area contributed by atoms with E-state index < -0.39 is 0 Å². The number of fused-ring (bicyclic) bond motifs is 1. The molecule has 0 aliphatic carbocycles. The monoisotopic (exact) mass is 220 g/mol. The Morgan fingerprint density at radius 3 is 3.12 bits per heavy atom. The number of amides is 1. The lowest BCUT2D eigenvalue weighted by Gasteiger charge is -2.16. The quantitative estimate of drug-likeness (QED) is 0.768. The molecule has 0 saturated carbocycles. The second-order valence-electron chi connectivity index (χ2n) is 4.77. The second kappa shape index (κ2) is 3.63. The molecule has 2 atom stereocenters. The molecule has 0 aromatic carbocycles. The van der Waals surface area contributed by atoms with Crippen LogP contribution in [0, 0.1) is 12.8 Å². The molecule has 2 fully saturated rings.